The molecule has 0 saturated heterocycles. The van der Waals surface area contributed by atoms with E-state index in [1.165, 1.54) is 6.08 Å². The molecule has 1 aromatic heterocycles. The Balaban J connectivity index is 1.85. The lowest BCUT2D eigenvalue weighted by atomic mass is 10.0. The third-order valence-electron chi connectivity index (χ3n) is 4.11. The largest absolute Gasteiger partial charge is 0.340 e. The number of rotatable bonds is 5. The Morgan fingerprint density at radius 1 is 1.00 bits per heavy atom. The number of nitriles is 2. The van der Waals surface area contributed by atoms with Gasteiger partial charge in [-0.1, -0.05) is 12.1 Å². The maximum atomic E-state index is 9.22. The Hall–Kier alpha value is -4.16. The zero-order chi connectivity index (χ0) is 19.9. The molecule has 6 heteroatoms. The van der Waals surface area contributed by atoms with E-state index in [-0.39, 0.29) is 0 Å². The summed E-state index contributed by atoms with van der Waals surface area (Å²) in [6.45, 7) is 4.01. The molecule has 0 spiro atoms. The fourth-order valence-corrected chi connectivity index (χ4v) is 2.85. The second-order valence-corrected chi connectivity index (χ2v) is 6.17. The van der Waals surface area contributed by atoms with Gasteiger partial charge in [-0.15, -0.1) is 0 Å². The van der Waals surface area contributed by atoms with Gasteiger partial charge in [0.1, 0.15) is 11.9 Å². The number of aromatic nitrogens is 2. The van der Waals surface area contributed by atoms with Crippen molar-refractivity contribution in [1.29, 1.82) is 10.5 Å². The van der Waals surface area contributed by atoms with Crippen molar-refractivity contribution >= 4 is 29.2 Å². The van der Waals surface area contributed by atoms with Crippen molar-refractivity contribution in [1.82, 2.24) is 9.97 Å². The van der Waals surface area contributed by atoms with Crippen LogP contribution in [0, 0.1) is 36.5 Å². The molecule has 0 fully saturated rings. The van der Waals surface area contributed by atoms with Crippen molar-refractivity contribution in [3.63, 3.8) is 0 Å². The van der Waals surface area contributed by atoms with E-state index >= 15 is 0 Å². The lowest BCUT2D eigenvalue weighted by molar-refractivity contribution is 1.16. The molecule has 6 nitrogen and oxygen atoms in total. The van der Waals surface area contributed by atoms with Crippen molar-refractivity contribution in [2.75, 3.05) is 10.6 Å². The van der Waals surface area contributed by atoms with Crippen LogP contribution in [-0.2, 0) is 0 Å². The fourth-order valence-electron chi connectivity index (χ4n) is 2.85. The summed E-state index contributed by atoms with van der Waals surface area (Å²) in [6.07, 6.45) is 4.90. The molecular weight excluding hydrogens is 348 g/mol. The molecule has 0 bridgehead atoms. The molecule has 0 aliphatic heterocycles. The van der Waals surface area contributed by atoms with Gasteiger partial charge in [0, 0.05) is 18.0 Å². The Morgan fingerprint density at radius 2 is 1.75 bits per heavy atom. The predicted octanol–water partition coefficient (Wildman–Crippen LogP) is 4.99. The number of hydrogen-bond acceptors (Lipinski definition) is 6. The number of aryl methyl sites for hydroxylation is 2. The number of para-hydroxylation sites is 1. The zero-order valence-corrected chi connectivity index (χ0v) is 15.6. The van der Waals surface area contributed by atoms with Crippen LogP contribution < -0.4 is 10.6 Å². The highest BCUT2D eigenvalue weighted by Gasteiger charge is 2.08. The molecule has 0 saturated carbocycles. The molecule has 0 radical (unpaired) electrons. The molecule has 0 atom stereocenters. The predicted molar refractivity (Wildman–Crippen MR) is 110 cm³/mol. The van der Waals surface area contributed by atoms with E-state index in [1.54, 1.807) is 24.4 Å². The van der Waals surface area contributed by atoms with Crippen molar-refractivity contribution < 1.29 is 0 Å². The Morgan fingerprint density at radius 3 is 2.46 bits per heavy atom. The van der Waals surface area contributed by atoms with Gasteiger partial charge in [0.15, 0.2) is 0 Å². The highest BCUT2D eigenvalue weighted by molar-refractivity contribution is 5.69. The second-order valence-electron chi connectivity index (χ2n) is 6.17. The van der Waals surface area contributed by atoms with E-state index in [0.29, 0.717) is 23.0 Å². The average molecular weight is 366 g/mol. The van der Waals surface area contributed by atoms with E-state index in [2.05, 4.69) is 26.7 Å². The molecule has 0 aliphatic carbocycles. The molecule has 136 valence electrons. The quantitative estimate of drug-likeness (QED) is 0.617. The van der Waals surface area contributed by atoms with E-state index in [4.69, 9.17) is 5.26 Å². The molecule has 2 aromatic carbocycles. The summed E-state index contributed by atoms with van der Waals surface area (Å²) in [6, 6.07) is 17.1. The minimum Gasteiger partial charge on any atom is -0.340 e. The monoisotopic (exact) mass is 366 g/mol. The molecule has 28 heavy (non-hydrogen) atoms. The highest BCUT2D eigenvalue weighted by atomic mass is 15.1. The standard InChI is InChI=1S/C22H18N6/c1-15-12-17(6-5-10-23)13-16(2)21(15)27-20-9-11-25-22(28-20)26-19-8-4-3-7-18(19)14-24/h3-9,11-13H,1-2H3,(H2,25,26,27,28)/b6-5+. The number of anilines is 4. The van der Waals surface area contributed by atoms with E-state index < -0.39 is 0 Å². The first kappa shape index (κ1) is 18.6. The minimum absolute atomic E-state index is 0.400. The van der Waals surface area contributed by atoms with Crippen molar-refractivity contribution in [2.24, 2.45) is 0 Å². The molecule has 3 aromatic rings. The maximum absolute atomic E-state index is 9.22. The van der Waals surface area contributed by atoms with Crippen LogP contribution in [0.15, 0.2) is 54.7 Å². The first-order chi connectivity index (χ1) is 13.6. The summed E-state index contributed by atoms with van der Waals surface area (Å²) in [5.74, 6) is 1.04. The number of benzene rings is 2. The van der Waals surface area contributed by atoms with Gasteiger partial charge in [-0.05, 0) is 66.9 Å². The number of allylic oxidation sites excluding steroid dienone is 1. The Kier molecular flexibility index (Phi) is 5.64. The highest BCUT2D eigenvalue weighted by Crippen LogP contribution is 2.26. The van der Waals surface area contributed by atoms with Gasteiger partial charge in [0.2, 0.25) is 5.95 Å². The summed E-state index contributed by atoms with van der Waals surface area (Å²) in [7, 11) is 0. The van der Waals surface area contributed by atoms with Gasteiger partial charge in [-0.2, -0.15) is 15.5 Å². The zero-order valence-electron chi connectivity index (χ0n) is 15.6. The second kappa shape index (κ2) is 8.48. The molecular formula is C22H18N6. The van der Waals surface area contributed by atoms with Crippen LogP contribution in [0.2, 0.25) is 0 Å². The van der Waals surface area contributed by atoms with Gasteiger partial charge in [-0.25, -0.2) is 4.98 Å². The average Bonchev–Trinajstić information content (AvgIpc) is 2.70. The van der Waals surface area contributed by atoms with Gasteiger partial charge in [0.25, 0.3) is 0 Å². The van der Waals surface area contributed by atoms with Crippen LogP contribution in [0.4, 0.5) is 23.1 Å². The van der Waals surface area contributed by atoms with E-state index in [1.807, 2.05) is 50.2 Å². The number of hydrogen-bond donors (Lipinski definition) is 2. The topological polar surface area (TPSA) is 97.4 Å². The van der Waals surface area contributed by atoms with Crippen molar-refractivity contribution in [3.8, 4) is 12.1 Å². The van der Waals surface area contributed by atoms with Crippen LogP contribution in [0.5, 0.6) is 0 Å². The smallest absolute Gasteiger partial charge is 0.229 e. The lowest BCUT2D eigenvalue weighted by Gasteiger charge is -2.14. The molecule has 1 heterocycles. The Bertz CT molecular complexity index is 1100. The summed E-state index contributed by atoms with van der Waals surface area (Å²) >= 11 is 0. The number of nitrogens with one attached hydrogen (secondary N) is 2. The molecule has 0 amide bonds. The summed E-state index contributed by atoms with van der Waals surface area (Å²) < 4.78 is 0. The summed E-state index contributed by atoms with van der Waals surface area (Å²) in [5.41, 5.74) is 5.19. The SMILES string of the molecule is Cc1cc(/C=C/C#N)cc(C)c1Nc1ccnc(Nc2ccccc2C#N)n1. The van der Waals surface area contributed by atoms with Crippen molar-refractivity contribution in [2.45, 2.75) is 13.8 Å². The van der Waals surface area contributed by atoms with Crippen molar-refractivity contribution in [3.05, 3.63) is 77.0 Å². The van der Waals surface area contributed by atoms with E-state index in [0.717, 1.165) is 22.4 Å². The minimum atomic E-state index is 0.400. The lowest BCUT2D eigenvalue weighted by Crippen LogP contribution is -2.03. The van der Waals surface area contributed by atoms with Gasteiger partial charge in [-0.3, -0.25) is 0 Å². The third kappa shape index (κ3) is 4.32. The third-order valence-corrected chi connectivity index (χ3v) is 4.11. The molecule has 2 N–H and O–H groups in total. The summed E-state index contributed by atoms with van der Waals surface area (Å²) in [4.78, 5) is 8.73. The first-order valence-corrected chi connectivity index (χ1v) is 8.64. The molecule has 3 rings (SSSR count). The van der Waals surface area contributed by atoms with Crippen LogP contribution >= 0.6 is 0 Å². The molecule has 0 unspecified atom stereocenters. The normalized spacial score (nSPS) is 10.3. The Labute approximate surface area is 163 Å². The maximum Gasteiger partial charge on any atom is 0.229 e. The van der Waals surface area contributed by atoms with Gasteiger partial charge >= 0.3 is 0 Å². The van der Waals surface area contributed by atoms with Gasteiger partial charge < -0.3 is 10.6 Å². The van der Waals surface area contributed by atoms with Crippen LogP contribution in [-0.4, -0.2) is 9.97 Å². The molecule has 0 aliphatic rings. The van der Waals surface area contributed by atoms with Crippen LogP contribution in [0.3, 0.4) is 0 Å². The fraction of sp³-hybridized carbons (Fsp3) is 0.0909. The first-order valence-electron chi connectivity index (χ1n) is 8.64. The number of nitrogens with zero attached hydrogens (tertiary/aromatic N) is 4. The summed E-state index contributed by atoms with van der Waals surface area (Å²) in [5, 5.41) is 24.3. The van der Waals surface area contributed by atoms with Crippen LogP contribution in [0.25, 0.3) is 6.08 Å². The van der Waals surface area contributed by atoms with E-state index in [9.17, 15) is 5.26 Å². The van der Waals surface area contributed by atoms with Crippen LogP contribution in [0.1, 0.15) is 22.3 Å². The van der Waals surface area contributed by atoms with Gasteiger partial charge in [0.05, 0.1) is 17.3 Å².